The number of benzene rings is 2. The largest absolute Gasteiger partial charge is 0.392 e. The van der Waals surface area contributed by atoms with E-state index in [4.69, 9.17) is 16.1 Å². The normalized spacial score (nSPS) is 11.8. The molecule has 0 aliphatic rings. The van der Waals surface area contributed by atoms with Crippen molar-refractivity contribution in [3.05, 3.63) is 95.9 Å². The van der Waals surface area contributed by atoms with E-state index in [1.165, 1.54) is 6.07 Å². The van der Waals surface area contributed by atoms with Gasteiger partial charge in [0.25, 0.3) is 5.89 Å². The molecule has 0 saturated heterocycles. The van der Waals surface area contributed by atoms with E-state index in [1.54, 1.807) is 42.7 Å². The van der Waals surface area contributed by atoms with Gasteiger partial charge in [-0.05, 0) is 36.9 Å². The van der Waals surface area contributed by atoms with Gasteiger partial charge in [0.15, 0.2) is 0 Å². The van der Waals surface area contributed by atoms with Crippen LogP contribution >= 0.6 is 0 Å². The maximum atomic E-state index is 14.4. The fraction of sp³-hybridized carbons (Fsp3) is 0.0870. The van der Waals surface area contributed by atoms with Crippen molar-refractivity contribution in [1.29, 1.82) is 0 Å². The van der Waals surface area contributed by atoms with Crippen molar-refractivity contribution in [3.63, 3.8) is 0 Å². The summed E-state index contributed by atoms with van der Waals surface area (Å²) in [5.41, 5.74) is 9.49. The van der Waals surface area contributed by atoms with Crippen LogP contribution in [0.5, 0.6) is 0 Å². The van der Waals surface area contributed by atoms with Crippen LogP contribution in [-0.2, 0) is 6.54 Å². The Bertz CT molecular complexity index is 1220. The van der Waals surface area contributed by atoms with E-state index in [1.807, 2.05) is 31.3 Å². The SMILES string of the molecule is CNCc1ccc(-c2noc(/C(N)=C(\c3ccncc3)N(N)c3ccccc3F)n2)cc1. The smallest absolute Gasteiger partial charge is 0.276 e. The van der Waals surface area contributed by atoms with E-state index >= 15 is 0 Å². The molecule has 0 bridgehead atoms. The first-order chi connectivity index (χ1) is 15.6. The van der Waals surface area contributed by atoms with Gasteiger partial charge < -0.3 is 15.6 Å². The lowest BCUT2D eigenvalue weighted by atomic mass is 10.1. The van der Waals surface area contributed by atoms with Crippen LogP contribution in [0.1, 0.15) is 17.0 Å². The van der Waals surface area contributed by atoms with Gasteiger partial charge in [-0.25, -0.2) is 10.2 Å². The molecule has 0 amide bonds. The number of halogens is 1. The first-order valence-electron chi connectivity index (χ1n) is 9.86. The second kappa shape index (κ2) is 9.38. The molecule has 0 aliphatic heterocycles. The third-order valence-electron chi connectivity index (χ3n) is 4.81. The number of nitrogens with one attached hydrogen (secondary N) is 1. The topological polar surface area (TPSA) is 119 Å². The Hall–Kier alpha value is -4.08. The maximum absolute atomic E-state index is 14.4. The molecule has 5 N–H and O–H groups in total. The second-order valence-electron chi connectivity index (χ2n) is 6.97. The minimum Gasteiger partial charge on any atom is -0.392 e. The van der Waals surface area contributed by atoms with Gasteiger partial charge in [0.05, 0.1) is 11.4 Å². The van der Waals surface area contributed by atoms with E-state index < -0.39 is 5.82 Å². The number of nitrogens with two attached hydrogens (primary N) is 2. The average molecular weight is 431 g/mol. The highest BCUT2D eigenvalue weighted by molar-refractivity contribution is 5.93. The Morgan fingerprint density at radius 1 is 1.06 bits per heavy atom. The zero-order valence-electron chi connectivity index (χ0n) is 17.4. The monoisotopic (exact) mass is 431 g/mol. The Morgan fingerprint density at radius 3 is 2.47 bits per heavy atom. The van der Waals surface area contributed by atoms with Crippen molar-refractivity contribution < 1.29 is 8.91 Å². The summed E-state index contributed by atoms with van der Waals surface area (Å²) in [5, 5.41) is 8.31. The Balaban J connectivity index is 1.76. The van der Waals surface area contributed by atoms with Gasteiger partial charge in [-0.2, -0.15) is 4.98 Å². The predicted molar refractivity (Wildman–Crippen MR) is 121 cm³/mol. The average Bonchev–Trinajstić information content (AvgIpc) is 3.31. The minimum atomic E-state index is -0.498. The van der Waals surface area contributed by atoms with Crippen molar-refractivity contribution in [2.45, 2.75) is 6.54 Å². The second-order valence-corrected chi connectivity index (χ2v) is 6.97. The van der Waals surface area contributed by atoms with Crippen LogP contribution < -0.4 is 21.9 Å². The minimum absolute atomic E-state index is 0.0675. The number of nitrogens with zero attached hydrogens (tertiary/aromatic N) is 4. The molecule has 0 radical (unpaired) electrons. The highest BCUT2D eigenvalue weighted by atomic mass is 19.1. The predicted octanol–water partition coefficient (Wildman–Crippen LogP) is 3.15. The lowest BCUT2D eigenvalue weighted by Crippen LogP contribution is -2.32. The molecule has 2 heterocycles. The highest BCUT2D eigenvalue weighted by Crippen LogP contribution is 2.30. The number of pyridine rings is 1. The molecule has 8 nitrogen and oxygen atoms in total. The summed E-state index contributed by atoms with van der Waals surface area (Å²) in [5.74, 6) is 6.26. The molecule has 2 aromatic carbocycles. The molecule has 0 fully saturated rings. The molecule has 0 saturated carbocycles. The third-order valence-corrected chi connectivity index (χ3v) is 4.81. The molecule has 0 atom stereocenters. The van der Waals surface area contributed by atoms with E-state index in [0.29, 0.717) is 17.1 Å². The van der Waals surface area contributed by atoms with E-state index in [0.717, 1.165) is 22.7 Å². The number of para-hydroxylation sites is 1. The molecule has 2 aromatic heterocycles. The van der Waals surface area contributed by atoms with Crippen LogP contribution in [0.15, 0.2) is 77.6 Å². The molecular weight excluding hydrogens is 409 g/mol. The molecule has 0 spiro atoms. The summed E-state index contributed by atoms with van der Waals surface area (Å²) in [6.07, 6.45) is 3.17. The van der Waals surface area contributed by atoms with Crippen LogP contribution in [0, 0.1) is 5.82 Å². The van der Waals surface area contributed by atoms with Crippen molar-refractivity contribution in [1.82, 2.24) is 20.4 Å². The van der Waals surface area contributed by atoms with Gasteiger partial charge in [-0.3, -0.25) is 9.99 Å². The van der Waals surface area contributed by atoms with Gasteiger partial charge in [-0.1, -0.05) is 41.6 Å². The van der Waals surface area contributed by atoms with Gasteiger partial charge in [0, 0.05) is 30.1 Å². The molecule has 0 unspecified atom stereocenters. The first kappa shape index (κ1) is 21.2. The van der Waals surface area contributed by atoms with Crippen LogP contribution in [0.3, 0.4) is 0 Å². The third kappa shape index (κ3) is 4.34. The molecule has 4 aromatic rings. The summed E-state index contributed by atoms with van der Waals surface area (Å²) in [6, 6.07) is 17.3. The number of hydrogen-bond donors (Lipinski definition) is 3. The van der Waals surface area contributed by atoms with Crippen LogP contribution in [-0.4, -0.2) is 22.2 Å². The highest BCUT2D eigenvalue weighted by Gasteiger charge is 2.22. The number of aromatic nitrogens is 3. The quantitative estimate of drug-likeness (QED) is 0.302. The Kier molecular flexibility index (Phi) is 6.20. The van der Waals surface area contributed by atoms with Crippen LogP contribution in [0.4, 0.5) is 10.1 Å². The fourth-order valence-corrected chi connectivity index (χ4v) is 3.23. The summed E-state index contributed by atoms with van der Waals surface area (Å²) >= 11 is 0. The number of hydrogen-bond acceptors (Lipinski definition) is 8. The van der Waals surface area contributed by atoms with E-state index in [2.05, 4.69) is 20.4 Å². The van der Waals surface area contributed by atoms with E-state index in [9.17, 15) is 4.39 Å². The maximum Gasteiger partial charge on any atom is 0.276 e. The van der Waals surface area contributed by atoms with Crippen LogP contribution in [0.2, 0.25) is 0 Å². The number of anilines is 1. The number of rotatable bonds is 7. The lowest BCUT2D eigenvalue weighted by Gasteiger charge is -2.23. The molecule has 162 valence electrons. The molecule has 32 heavy (non-hydrogen) atoms. The summed E-state index contributed by atoms with van der Waals surface area (Å²) in [6.45, 7) is 0.755. The van der Waals surface area contributed by atoms with Crippen molar-refractivity contribution in [3.8, 4) is 11.4 Å². The van der Waals surface area contributed by atoms with Crippen molar-refractivity contribution in [2.75, 3.05) is 12.1 Å². The van der Waals surface area contributed by atoms with Crippen LogP contribution in [0.25, 0.3) is 22.8 Å². The Morgan fingerprint density at radius 2 is 1.78 bits per heavy atom. The molecular formula is C23H22FN7O. The summed E-state index contributed by atoms with van der Waals surface area (Å²) < 4.78 is 19.9. The molecule has 4 rings (SSSR count). The summed E-state index contributed by atoms with van der Waals surface area (Å²) in [4.78, 5) is 8.45. The summed E-state index contributed by atoms with van der Waals surface area (Å²) in [7, 11) is 1.89. The Labute approximate surface area is 184 Å². The zero-order chi connectivity index (χ0) is 22.5. The molecule has 0 aliphatic carbocycles. The standard InChI is InChI=1S/C23H22FN7O/c1-27-14-15-6-8-17(9-7-15)22-29-23(32-30-22)20(25)21(16-10-12-28-13-11-16)31(26)19-5-3-2-4-18(19)24/h2-13,27H,14,25-26H2,1H3/b21-20-. The van der Waals surface area contributed by atoms with Crippen molar-refractivity contribution in [2.24, 2.45) is 11.6 Å². The van der Waals surface area contributed by atoms with Gasteiger partial charge in [-0.15, -0.1) is 0 Å². The van der Waals surface area contributed by atoms with Crippen molar-refractivity contribution >= 4 is 17.1 Å². The zero-order valence-corrected chi connectivity index (χ0v) is 17.4. The van der Waals surface area contributed by atoms with Gasteiger partial charge in [0.1, 0.15) is 11.5 Å². The fourth-order valence-electron chi connectivity index (χ4n) is 3.23. The van der Waals surface area contributed by atoms with Gasteiger partial charge in [0.2, 0.25) is 5.82 Å². The first-order valence-corrected chi connectivity index (χ1v) is 9.86. The lowest BCUT2D eigenvalue weighted by molar-refractivity contribution is 0.408. The van der Waals surface area contributed by atoms with E-state index in [-0.39, 0.29) is 17.3 Å². The number of hydrazine groups is 1. The van der Waals surface area contributed by atoms with Gasteiger partial charge >= 0.3 is 0 Å². The molecule has 9 heteroatoms.